The van der Waals surface area contributed by atoms with Crippen LogP contribution in [0, 0.1) is 0 Å². The third-order valence-electron chi connectivity index (χ3n) is 2.59. The number of nitrogens with zero attached hydrogens (tertiary/aromatic N) is 1. The van der Waals surface area contributed by atoms with Gasteiger partial charge in [-0.05, 0) is 29.3 Å². The van der Waals surface area contributed by atoms with Crippen molar-refractivity contribution in [2.45, 2.75) is 13.1 Å². The van der Waals surface area contributed by atoms with Gasteiger partial charge in [-0.1, -0.05) is 29.3 Å². The van der Waals surface area contributed by atoms with Crippen LogP contribution < -0.4 is 10.1 Å². The second-order valence-corrected chi connectivity index (χ2v) is 4.96. The molecule has 0 bridgehead atoms. The molecular weight excluding hydrogens is 283 g/mol. The number of pyridine rings is 1. The average molecular weight is 297 g/mol. The number of hydrogen-bond donors (Lipinski definition) is 1. The first-order chi connectivity index (χ1) is 9.17. The normalized spacial score (nSPS) is 10.5. The Balaban J connectivity index is 1.88. The van der Waals surface area contributed by atoms with Crippen LogP contribution in [0.25, 0.3) is 0 Å². The maximum Gasteiger partial charge on any atom is 0.212 e. The molecule has 1 heterocycles. The second kappa shape index (κ2) is 6.75. The lowest BCUT2D eigenvalue weighted by Crippen LogP contribution is -2.12. The van der Waals surface area contributed by atoms with Gasteiger partial charge in [-0.2, -0.15) is 0 Å². The molecule has 0 amide bonds. The predicted molar refractivity (Wildman–Crippen MR) is 77.8 cm³/mol. The molecule has 0 aliphatic heterocycles. The van der Waals surface area contributed by atoms with E-state index >= 15 is 0 Å². The minimum atomic E-state index is 0.616. The first-order valence-electron chi connectivity index (χ1n) is 5.82. The summed E-state index contributed by atoms with van der Waals surface area (Å²) in [6.07, 6.45) is 1.79. The second-order valence-electron chi connectivity index (χ2n) is 4.09. The Morgan fingerprint density at radius 1 is 1.05 bits per heavy atom. The molecule has 0 saturated carbocycles. The number of methoxy groups -OCH3 is 1. The van der Waals surface area contributed by atoms with Gasteiger partial charge in [0.2, 0.25) is 5.88 Å². The molecule has 0 fully saturated rings. The topological polar surface area (TPSA) is 34.1 Å². The summed E-state index contributed by atoms with van der Waals surface area (Å²) in [5.74, 6) is 0.616. The Kier molecular flexibility index (Phi) is 5.02. The molecule has 1 aromatic heterocycles. The van der Waals surface area contributed by atoms with Crippen LogP contribution in [-0.4, -0.2) is 12.1 Å². The van der Waals surface area contributed by atoms with Crippen molar-refractivity contribution in [3.8, 4) is 5.88 Å². The molecule has 19 heavy (non-hydrogen) atoms. The van der Waals surface area contributed by atoms with Gasteiger partial charge in [-0.3, -0.25) is 0 Å². The summed E-state index contributed by atoms with van der Waals surface area (Å²) in [4.78, 5) is 4.15. The first-order valence-corrected chi connectivity index (χ1v) is 6.57. The van der Waals surface area contributed by atoms with E-state index in [4.69, 9.17) is 27.9 Å². The number of rotatable bonds is 5. The minimum Gasteiger partial charge on any atom is -0.481 e. The summed E-state index contributed by atoms with van der Waals surface area (Å²) in [5, 5.41) is 4.61. The molecule has 1 N–H and O–H groups in total. The summed E-state index contributed by atoms with van der Waals surface area (Å²) in [6.45, 7) is 1.42. The van der Waals surface area contributed by atoms with Crippen LogP contribution >= 0.6 is 23.2 Å². The standard InChI is InChI=1S/C14H14Cl2N2O/c1-19-14-3-2-10(9-18-14)7-17-8-11-4-12(15)6-13(16)5-11/h2-6,9,17H,7-8H2,1H3. The maximum absolute atomic E-state index is 5.94. The predicted octanol–water partition coefficient (Wildman–Crippen LogP) is 3.69. The van der Waals surface area contributed by atoms with Crippen LogP contribution in [0.1, 0.15) is 11.1 Å². The Morgan fingerprint density at radius 2 is 1.74 bits per heavy atom. The Morgan fingerprint density at radius 3 is 2.32 bits per heavy atom. The van der Waals surface area contributed by atoms with E-state index in [2.05, 4.69) is 10.3 Å². The van der Waals surface area contributed by atoms with E-state index < -0.39 is 0 Å². The lowest BCUT2D eigenvalue weighted by Gasteiger charge is -2.06. The van der Waals surface area contributed by atoms with E-state index in [1.807, 2.05) is 24.3 Å². The molecular formula is C14H14Cl2N2O. The van der Waals surface area contributed by atoms with Gasteiger partial charge in [0, 0.05) is 35.4 Å². The van der Waals surface area contributed by atoms with Crippen molar-refractivity contribution in [2.24, 2.45) is 0 Å². The summed E-state index contributed by atoms with van der Waals surface area (Å²) in [6, 6.07) is 9.33. The summed E-state index contributed by atoms with van der Waals surface area (Å²) < 4.78 is 5.01. The highest BCUT2D eigenvalue weighted by Gasteiger charge is 1.99. The number of ether oxygens (including phenoxy) is 1. The highest BCUT2D eigenvalue weighted by molar-refractivity contribution is 6.34. The van der Waals surface area contributed by atoms with Crippen LogP contribution in [0.15, 0.2) is 36.5 Å². The average Bonchev–Trinajstić information content (AvgIpc) is 2.38. The molecule has 0 radical (unpaired) electrons. The molecule has 0 spiro atoms. The Labute approximate surface area is 122 Å². The largest absolute Gasteiger partial charge is 0.481 e. The molecule has 3 nitrogen and oxygen atoms in total. The maximum atomic E-state index is 5.94. The van der Waals surface area contributed by atoms with Gasteiger partial charge in [0.15, 0.2) is 0 Å². The van der Waals surface area contributed by atoms with E-state index in [9.17, 15) is 0 Å². The van der Waals surface area contributed by atoms with Gasteiger partial charge in [0.25, 0.3) is 0 Å². The van der Waals surface area contributed by atoms with Gasteiger partial charge in [0.05, 0.1) is 7.11 Å². The van der Waals surface area contributed by atoms with Gasteiger partial charge in [0.1, 0.15) is 0 Å². The van der Waals surface area contributed by atoms with E-state index in [0.29, 0.717) is 22.5 Å². The molecule has 1 aromatic carbocycles. The van der Waals surface area contributed by atoms with Gasteiger partial charge in [-0.25, -0.2) is 4.98 Å². The van der Waals surface area contributed by atoms with Crippen molar-refractivity contribution in [1.29, 1.82) is 0 Å². The van der Waals surface area contributed by atoms with Crippen LogP contribution in [0.3, 0.4) is 0 Å². The van der Waals surface area contributed by atoms with Crippen LogP contribution in [-0.2, 0) is 13.1 Å². The van der Waals surface area contributed by atoms with Crippen molar-refractivity contribution in [3.63, 3.8) is 0 Å². The highest BCUT2D eigenvalue weighted by atomic mass is 35.5. The van der Waals surface area contributed by atoms with E-state index in [1.54, 1.807) is 19.4 Å². The molecule has 2 rings (SSSR count). The molecule has 2 aromatic rings. The quantitative estimate of drug-likeness (QED) is 0.914. The van der Waals surface area contributed by atoms with E-state index in [1.165, 1.54) is 0 Å². The molecule has 0 aliphatic carbocycles. The van der Waals surface area contributed by atoms with Crippen molar-refractivity contribution in [2.75, 3.05) is 7.11 Å². The summed E-state index contributed by atoms with van der Waals surface area (Å²) in [5.41, 5.74) is 2.15. The summed E-state index contributed by atoms with van der Waals surface area (Å²) in [7, 11) is 1.60. The lowest BCUT2D eigenvalue weighted by molar-refractivity contribution is 0.397. The molecule has 0 atom stereocenters. The number of hydrogen-bond acceptors (Lipinski definition) is 3. The van der Waals surface area contributed by atoms with E-state index in [0.717, 1.165) is 17.7 Å². The first kappa shape index (κ1) is 14.1. The molecule has 0 aliphatic rings. The molecule has 0 saturated heterocycles. The number of halogens is 2. The van der Waals surface area contributed by atoms with Gasteiger partial charge in [-0.15, -0.1) is 0 Å². The molecule has 5 heteroatoms. The van der Waals surface area contributed by atoms with Crippen molar-refractivity contribution in [1.82, 2.24) is 10.3 Å². The van der Waals surface area contributed by atoms with Crippen LogP contribution in [0.5, 0.6) is 5.88 Å². The van der Waals surface area contributed by atoms with Gasteiger partial charge < -0.3 is 10.1 Å². The zero-order valence-corrected chi connectivity index (χ0v) is 12.0. The van der Waals surface area contributed by atoms with E-state index in [-0.39, 0.29) is 0 Å². The van der Waals surface area contributed by atoms with Crippen molar-refractivity contribution < 1.29 is 4.74 Å². The number of nitrogens with one attached hydrogen (secondary N) is 1. The van der Waals surface area contributed by atoms with Crippen molar-refractivity contribution >= 4 is 23.2 Å². The lowest BCUT2D eigenvalue weighted by atomic mass is 10.2. The zero-order valence-electron chi connectivity index (χ0n) is 10.5. The summed E-state index contributed by atoms with van der Waals surface area (Å²) >= 11 is 11.9. The smallest absolute Gasteiger partial charge is 0.212 e. The fraction of sp³-hybridized carbons (Fsp3) is 0.214. The zero-order chi connectivity index (χ0) is 13.7. The molecule has 100 valence electrons. The SMILES string of the molecule is COc1ccc(CNCc2cc(Cl)cc(Cl)c2)cn1. The monoisotopic (exact) mass is 296 g/mol. The number of aromatic nitrogens is 1. The third-order valence-corrected chi connectivity index (χ3v) is 3.02. The molecule has 0 unspecified atom stereocenters. The number of benzene rings is 1. The third kappa shape index (κ3) is 4.39. The van der Waals surface area contributed by atoms with Crippen molar-refractivity contribution in [3.05, 3.63) is 57.7 Å². The fourth-order valence-corrected chi connectivity index (χ4v) is 2.27. The minimum absolute atomic E-state index is 0.616. The Hall–Kier alpha value is -1.29. The highest BCUT2D eigenvalue weighted by Crippen LogP contribution is 2.19. The fourth-order valence-electron chi connectivity index (χ4n) is 1.70. The van der Waals surface area contributed by atoms with Gasteiger partial charge >= 0.3 is 0 Å². The Bertz CT molecular complexity index is 523. The van der Waals surface area contributed by atoms with Crippen LogP contribution in [0.4, 0.5) is 0 Å². The van der Waals surface area contributed by atoms with Crippen LogP contribution in [0.2, 0.25) is 10.0 Å².